The van der Waals surface area contributed by atoms with Gasteiger partial charge in [0.15, 0.2) is 0 Å². The van der Waals surface area contributed by atoms with Gasteiger partial charge in [-0.2, -0.15) is 0 Å². The van der Waals surface area contributed by atoms with Crippen molar-refractivity contribution in [3.8, 4) is 66.8 Å². The van der Waals surface area contributed by atoms with Crippen LogP contribution in [0.3, 0.4) is 0 Å². The Hall–Kier alpha value is -13.3. The lowest BCUT2D eigenvalue weighted by Crippen LogP contribution is -1.91. The number of hydrogen-bond donors (Lipinski definition) is 0. The van der Waals surface area contributed by atoms with Crippen LogP contribution in [0.25, 0.3) is 250 Å². The van der Waals surface area contributed by atoms with Crippen LogP contribution in [0.5, 0.6) is 0 Å². The highest BCUT2D eigenvalue weighted by Gasteiger charge is 2.27. The molecule has 0 aliphatic heterocycles. The molecular weight excluding hydrogens is 1240 g/mol. The molecular formula is C103H58. The van der Waals surface area contributed by atoms with Gasteiger partial charge in [-0.3, -0.25) is 0 Å². The van der Waals surface area contributed by atoms with Crippen LogP contribution in [0, 0.1) is 6.92 Å². The van der Waals surface area contributed by atoms with Crippen LogP contribution in [0.1, 0.15) is 5.56 Å². The maximum Gasteiger partial charge on any atom is -0.00199 e. The first-order valence-electron chi connectivity index (χ1n) is 36.2. The van der Waals surface area contributed by atoms with Crippen molar-refractivity contribution < 1.29 is 0 Å². The topological polar surface area (TPSA) is 0 Å². The summed E-state index contributed by atoms with van der Waals surface area (Å²) in [5.74, 6) is 0. The van der Waals surface area contributed by atoms with Crippen LogP contribution in [0.15, 0.2) is 334 Å². The van der Waals surface area contributed by atoms with Crippen molar-refractivity contribution in [2.45, 2.75) is 6.92 Å². The number of fused-ring (bicyclic) bond motifs is 23. The van der Waals surface area contributed by atoms with E-state index in [1.165, 1.54) is 255 Å². The van der Waals surface area contributed by atoms with Gasteiger partial charge in [0.05, 0.1) is 0 Å². The molecule has 0 heterocycles. The van der Waals surface area contributed by atoms with E-state index in [1.54, 1.807) is 0 Å². The molecule has 0 saturated carbocycles. The molecule has 0 nitrogen and oxygen atoms in total. The van der Waals surface area contributed by atoms with Gasteiger partial charge in [0.1, 0.15) is 0 Å². The smallest absolute Gasteiger partial charge is 0.00199 e. The number of aryl methyl sites for hydroxylation is 1. The highest BCUT2D eigenvalue weighted by molar-refractivity contribution is 6.41. The van der Waals surface area contributed by atoms with Gasteiger partial charge in [-0.15, -0.1) is 0 Å². The molecule has 24 aromatic carbocycles. The largest absolute Gasteiger partial charge is 0.0622 e. The van der Waals surface area contributed by atoms with E-state index in [-0.39, 0.29) is 0 Å². The summed E-state index contributed by atoms with van der Waals surface area (Å²) >= 11 is 0. The molecule has 0 fully saturated rings. The summed E-state index contributed by atoms with van der Waals surface area (Å²) in [5.41, 5.74) is 16.9. The number of benzene rings is 20. The molecule has 0 spiro atoms. The van der Waals surface area contributed by atoms with Crippen LogP contribution < -0.4 is 0 Å². The van der Waals surface area contributed by atoms with E-state index >= 15 is 0 Å². The molecule has 470 valence electrons. The molecule has 0 heteroatoms. The fraction of sp³-hybridized carbons (Fsp3) is 0.00971. The van der Waals surface area contributed by atoms with Gasteiger partial charge in [0.2, 0.25) is 0 Å². The molecule has 0 bridgehead atoms. The summed E-state index contributed by atoms with van der Waals surface area (Å²) in [4.78, 5) is 0. The second kappa shape index (κ2) is 20.5. The molecule has 1 aliphatic rings. The number of rotatable bonds is 4. The van der Waals surface area contributed by atoms with Crippen molar-refractivity contribution in [2.75, 3.05) is 0 Å². The van der Waals surface area contributed by atoms with Crippen molar-refractivity contribution in [2.24, 2.45) is 0 Å². The maximum absolute atomic E-state index is 2.49. The quantitative estimate of drug-likeness (QED) is 0.154. The molecule has 103 heavy (non-hydrogen) atoms. The van der Waals surface area contributed by atoms with E-state index in [2.05, 4.69) is 341 Å². The van der Waals surface area contributed by atoms with E-state index in [4.69, 9.17) is 0 Å². The Bertz CT molecular complexity index is 7770. The van der Waals surface area contributed by atoms with E-state index < -0.39 is 0 Å². The third-order valence-corrected chi connectivity index (χ3v) is 24.1. The third-order valence-electron chi connectivity index (χ3n) is 24.1. The molecule has 24 aromatic rings. The fourth-order valence-corrected chi connectivity index (χ4v) is 19.8. The van der Waals surface area contributed by atoms with Crippen LogP contribution in [-0.4, -0.2) is 0 Å². The summed E-state index contributed by atoms with van der Waals surface area (Å²) in [7, 11) is 0. The molecule has 1 aliphatic carbocycles. The molecule has 0 radical (unpaired) electrons. The summed E-state index contributed by atoms with van der Waals surface area (Å²) < 4.78 is 0. The van der Waals surface area contributed by atoms with E-state index in [9.17, 15) is 0 Å². The highest BCUT2D eigenvalue weighted by Crippen LogP contribution is 2.54. The van der Waals surface area contributed by atoms with Crippen LogP contribution in [0.4, 0.5) is 0 Å². The molecule has 0 aromatic heterocycles. The summed E-state index contributed by atoms with van der Waals surface area (Å²) in [5, 5.41) is 45.4. The maximum atomic E-state index is 2.49. The van der Waals surface area contributed by atoms with Crippen molar-refractivity contribution >= 4 is 183 Å². The first-order valence-corrected chi connectivity index (χ1v) is 36.2. The van der Waals surface area contributed by atoms with Gasteiger partial charge >= 0.3 is 0 Å². The zero-order valence-corrected chi connectivity index (χ0v) is 56.3. The Morgan fingerprint density at radius 1 is 0.136 bits per heavy atom. The minimum atomic E-state index is 1.23. The predicted octanol–water partition coefficient (Wildman–Crippen LogP) is 29.4. The molecule has 0 unspecified atom stereocenters. The van der Waals surface area contributed by atoms with Gasteiger partial charge in [-0.05, 0) is 305 Å². The SMILES string of the molecule is Cc1ccc2cccc3c2c1-c1ccc(-c2ccc4c5cc6ccc7c(cc8c9ccccc9c9cccc7c98)c6cc5c5cccc2c45)cc1-3.c1ccc(-c2cccc(-c3ccccc3)c2-c2ccc3c4cc5ccc6c(cc7c8ccccc8c8cccc6c87)c5cc4c4cccc2c34)cc1. The second-order valence-corrected chi connectivity index (χ2v) is 29.1. The number of hydrogen-bond acceptors (Lipinski definition) is 0. The fourth-order valence-electron chi connectivity index (χ4n) is 19.8. The second-order valence-electron chi connectivity index (χ2n) is 29.1. The van der Waals surface area contributed by atoms with E-state index in [0.29, 0.717) is 0 Å². The molecule has 25 rings (SSSR count). The summed E-state index contributed by atoms with van der Waals surface area (Å²) in [6.07, 6.45) is 0. The summed E-state index contributed by atoms with van der Waals surface area (Å²) in [6, 6.07) is 126. The Labute approximate surface area is 592 Å². The lowest BCUT2D eigenvalue weighted by Gasteiger charge is -2.18. The average molecular weight is 1300 g/mol. The van der Waals surface area contributed by atoms with E-state index in [0.717, 1.165) is 0 Å². The van der Waals surface area contributed by atoms with Gasteiger partial charge in [0, 0.05) is 0 Å². The van der Waals surface area contributed by atoms with Crippen LogP contribution >= 0.6 is 0 Å². The minimum Gasteiger partial charge on any atom is -0.0622 e. The standard InChI is InChI=1S/C52H30.C51H28/c1-3-12-31(13-4-1)34-18-9-19-35(32-14-5-2-6-15-32)50(34)43-26-27-44-46-28-33-24-25-38-40-21-10-20-39-36-16-7-8-17-37(36)49(52(39)40)30-47(38)45(33)29-48(46)42-23-11-22-41(43)51(42)44;1-27-15-16-28-7-4-10-38-43-23-29(18-20-40(43)48(27)49(28)38)31-21-22-41-44-24-30-17-19-34-37-13-6-12-36-32-8-2-3-9-33(32)47(51(36)37)26-45(34)42(30)25-46(44)39-14-5-11-35(31)50(39)41/h1-30H;2-26H,1H3. The Morgan fingerprint density at radius 3 is 1.02 bits per heavy atom. The molecule has 0 saturated heterocycles. The Balaban J connectivity index is 0.000000123. The van der Waals surface area contributed by atoms with Gasteiger partial charge < -0.3 is 0 Å². The highest BCUT2D eigenvalue weighted by atomic mass is 14.3. The van der Waals surface area contributed by atoms with Crippen molar-refractivity contribution in [1.29, 1.82) is 0 Å². The van der Waals surface area contributed by atoms with Gasteiger partial charge in [0.25, 0.3) is 0 Å². The first kappa shape index (κ1) is 55.6. The Kier molecular flexibility index (Phi) is 11.0. The van der Waals surface area contributed by atoms with Crippen molar-refractivity contribution in [3.05, 3.63) is 339 Å². The van der Waals surface area contributed by atoms with E-state index in [1.807, 2.05) is 0 Å². The monoisotopic (exact) mass is 1290 g/mol. The van der Waals surface area contributed by atoms with Crippen molar-refractivity contribution in [1.82, 2.24) is 0 Å². The van der Waals surface area contributed by atoms with Crippen molar-refractivity contribution in [3.63, 3.8) is 0 Å². The third kappa shape index (κ3) is 7.48. The molecule has 0 amide bonds. The summed E-state index contributed by atoms with van der Waals surface area (Å²) in [6.45, 7) is 2.24. The zero-order chi connectivity index (χ0) is 67.0. The van der Waals surface area contributed by atoms with Crippen LogP contribution in [-0.2, 0) is 0 Å². The van der Waals surface area contributed by atoms with Crippen LogP contribution in [0.2, 0.25) is 0 Å². The lowest BCUT2D eigenvalue weighted by atomic mass is 9.85. The lowest BCUT2D eigenvalue weighted by molar-refractivity contribution is 1.51. The molecule has 0 N–H and O–H groups in total. The predicted molar refractivity (Wildman–Crippen MR) is 446 cm³/mol. The van der Waals surface area contributed by atoms with Gasteiger partial charge in [-0.25, -0.2) is 0 Å². The normalized spacial score (nSPS) is 12.5. The average Bonchev–Trinajstić information content (AvgIpc) is 1.57. The first-order chi connectivity index (χ1) is 51.0. The zero-order valence-electron chi connectivity index (χ0n) is 56.3. The van der Waals surface area contributed by atoms with Gasteiger partial charge in [-0.1, -0.05) is 291 Å². The molecule has 0 atom stereocenters. The minimum absolute atomic E-state index is 1.23. The Morgan fingerprint density at radius 2 is 0.485 bits per heavy atom.